The molecule has 0 aliphatic rings. The summed E-state index contributed by atoms with van der Waals surface area (Å²) in [6.45, 7) is 0. The molecule has 0 aliphatic carbocycles. The second kappa shape index (κ2) is 3.23. The molecule has 1 radical (unpaired) electrons. The van der Waals surface area contributed by atoms with Gasteiger partial charge >= 0.3 is 6.36 Å². The van der Waals surface area contributed by atoms with Gasteiger partial charge in [0.15, 0.2) is 0 Å². The first-order chi connectivity index (χ1) is 5.49. The fourth-order valence-corrected chi connectivity index (χ4v) is 0.769. The maximum absolute atomic E-state index is 11.6. The fourth-order valence-electron chi connectivity index (χ4n) is 0.605. The second-order valence-electron chi connectivity index (χ2n) is 1.90. The number of benzene rings is 1. The number of alkyl halides is 3. The summed E-state index contributed by atoms with van der Waals surface area (Å²) in [6.07, 6.45) is -4.71. The molecule has 1 nitrogen and oxygen atoms in total. The number of hydrogen-bond donors (Lipinski definition) is 0. The maximum atomic E-state index is 11.6. The van der Waals surface area contributed by atoms with Gasteiger partial charge in [-0.1, -0.05) is 23.7 Å². The van der Waals surface area contributed by atoms with Crippen molar-refractivity contribution in [3.05, 3.63) is 29.3 Å². The molecule has 0 saturated heterocycles. The molecular formula is C7H3ClF3O. The van der Waals surface area contributed by atoms with Crippen molar-refractivity contribution >= 4 is 11.6 Å². The molecule has 0 aliphatic heterocycles. The first kappa shape index (κ1) is 9.19. The van der Waals surface area contributed by atoms with Crippen molar-refractivity contribution in [2.75, 3.05) is 0 Å². The minimum Gasteiger partial charge on any atom is -0.404 e. The molecule has 0 saturated carbocycles. The molecule has 65 valence electrons. The molecule has 0 fully saturated rings. The van der Waals surface area contributed by atoms with Gasteiger partial charge in [0.05, 0.1) is 5.02 Å². The highest BCUT2D eigenvalue weighted by Crippen LogP contribution is 2.28. The Morgan fingerprint density at radius 3 is 2.58 bits per heavy atom. The average Bonchev–Trinajstić information content (AvgIpc) is 1.91. The zero-order valence-electron chi connectivity index (χ0n) is 5.65. The molecule has 5 heteroatoms. The predicted octanol–water partition coefficient (Wildman–Crippen LogP) is 3.04. The van der Waals surface area contributed by atoms with E-state index in [0.717, 1.165) is 6.07 Å². The van der Waals surface area contributed by atoms with Gasteiger partial charge in [0.2, 0.25) is 0 Å². The van der Waals surface area contributed by atoms with Gasteiger partial charge in [-0.25, -0.2) is 0 Å². The minimum atomic E-state index is -4.71. The van der Waals surface area contributed by atoms with E-state index in [-0.39, 0.29) is 5.02 Å². The van der Waals surface area contributed by atoms with Crippen LogP contribution in [0, 0.1) is 6.07 Å². The average molecular weight is 196 g/mol. The van der Waals surface area contributed by atoms with E-state index in [0.29, 0.717) is 0 Å². The number of rotatable bonds is 1. The Kier molecular flexibility index (Phi) is 2.47. The number of hydrogen-bond acceptors (Lipinski definition) is 1. The van der Waals surface area contributed by atoms with Crippen LogP contribution in [0.2, 0.25) is 5.02 Å². The monoisotopic (exact) mass is 195 g/mol. The van der Waals surface area contributed by atoms with Gasteiger partial charge in [-0.2, -0.15) is 0 Å². The van der Waals surface area contributed by atoms with Crippen LogP contribution in [0.15, 0.2) is 18.2 Å². The van der Waals surface area contributed by atoms with Crippen molar-refractivity contribution in [1.29, 1.82) is 0 Å². The van der Waals surface area contributed by atoms with Crippen LogP contribution in [0.1, 0.15) is 0 Å². The summed E-state index contributed by atoms with van der Waals surface area (Å²) in [5, 5.41) is -0.185. The molecule has 1 aromatic carbocycles. The van der Waals surface area contributed by atoms with E-state index in [1.807, 2.05) is 0 Å². The number of halogens is 4. The Labute approximate surface area is 71.7 Å². The number of ether oxygens (including phenoxy) is 1. The SMILES string of the molecule is FC(F)(F)Oc1ccc[c]c1Cl. The van der Waals surface area contributed by atoms with Crippen LogP contribution < -0.4 is 4.74 Å². The molecule has 0 aromatic heterocycles. The Hall–Kier alpha value is -0.900. The van der Waals surface area contributed by atoms with Crippen LogP contribution in [0.3, 0.4) is 0 Å². The van der Waals surface area contributed by atoms with Crippen molar-refractivity contribution in [2.24, 2.45) is 0 Å². The molecule has 1 aromatic rings. The highest BCUT2D eigenvalue weighted by Gasteiger charge is 2.31. The van der Waals surface area contributed by atoms with Gasteiger partial charge in [-0.05, 0) is 6.07 Å². The van der Waals surface area contributed by atoms with E-state index in [2.05, 4.69) is 10.8 Å². The van der Waals surface area contributed by atoms with Crippen molar-refractivity contribution < 1.29 is 17.9 Å². The maximum Gasteiger partial charge on any atom is 0.573 e. The summed E-state index contributed by atoms with van der Waals surface area (Å²) < 4.78 is 38.4. The van der Waals surface area contributed by atoms with E-state index in [4.69, 9.17) is 11.6 Å². The van der Waals surface area contributed by atoms with Crippen LogP contribution in [-0.2, 0) is 0 Å². The zero-order valence-corrected chi connectivity index (χ0v) is 6.41. The smallest absolute Gasteiger partial charge is 0.404 e. The largest absolute Gasteiger partial charge is 0.573 e. The summed E-state index contributed by atoms with van der Waals surface area (Å²) in [7, 11) is 0. The molecule has 0 atom stereocenters. The van der Waals surface area contributed by atoms with Crippen molar-refractivity contribution in [3.8, 4) is 5.75 Å². The van der Waals surface area contributed by atoms with Gasteiger partial charge in [0.1, 0.15) is 5.75 Å². The van der Waals surface area contributed by atoms with Gasteiger partial charge in [-0.3, -0.25) is 0 Å². The Morgan fingerprint density at radius 1 is 1.42 bits per heavy atom. The second-order valence-corrected chi connectivity index (χ2v) is 2.27. The highest BCUT2D eigenvalue weighted by molar-refractivity contribution is 6.31. The normalized spacial score (nSPS) is 11.3. The molecular weight excluding hydrogens is 193 g/mol. The van der Waals surface area contributed by atoms with E-state index < -0.39 is 12.1 Å². The van der Waals surface area contributed by atoms with E-state index in [1.54, 1.807) is 0 Å². The molecule has 0 N–H and O–H groups in total. The summed E-state index contributed by atoms with van der Waals surface area (Å²) in [6, 6.07) is 6.23. The standard InChI is InChI=1S/C7H3ClF3O/c8-5-3-1-2-4-6(5)12-7(9,10)11/h1-2,4H. The molecule has 0 bridgehead atoms. The van der Waals surface area contributed by atoms with Gasteiger partial charge in [0, 0.05) is 6.07 Å². The Balaban J connectivity index is 2.83. The molecule has 1 rings (SSSR count). The summed E-state index contributed by atoms with van der Waals surface area (Å²) in [5.74, 6) is -0.438. The van der Waals surface area contributed by atoms with Gasteiger partial charge < -0.3 is 4.74 Å². The lowest BCUT2D eigenvalue weighted by Crippen LogP contribution is -2.17. The zero-order chi connectivity index (χ0) is 9.19. The topological polar surface area (TPSA) is 9.23 Å². The lowest BCUT2D eigenvalue weighted by Gasteiger charge is -2.08. The van der Waals surface area contributed by atoms with Crippen molar-refractivity contribution in [2.45, 2.75) is 6.36 Å². The predicted molar refractivity (Wildman–Crippen MR) is 37.0 cm³/mol. The van der Waals surface area contributed by atoms with Gasteiger partial charge in [-0.15, -0.1) is 13.2 Å². The molecule has 0 amide bonds. The van der Waals surface area contributed by atoms with Crippen LogP contribution >= 0.6 is 11.6 Å². The van der Waals surface area contributed by atoms with E-state index in [9.17, 15) is 13.2 Å². The highest BCUT2D eigenvalue weighted by atomic mass is 35.5. The fraction of sp³-hybridized carbons (Fsp3) is 0.143. The van der Waals surface area contributed by atoms with Gasteiger partial charge in [0.25, 0.3) is 0 Å². The first-order valence-corrected chi connectivity index (χ1v) is 3.29. The lowest BCUT2D eigenvalue weighted by atomic mass is 10.3. The molecule has 12 heavy (non-hydrogen) atoms. The summed E-state index contributed by atoms with van der Waals surface area (Å²) >= 11 is 5.35. The van der Waals surface area contributed by atoms with Crippen LogP contribution in [0.4, 0.5) is 13.2 Å². The quantitative estimate of drug-likeness (QED) is 0.669. The van der Waals surface area contributed by atoms with Crippen molar-refractivity contribution in [3.63, 3.8) is 0 Å². The third-order valence-electron chi connectivity index (χ3n) is 0.996. The summed E-state index contributed by atoms with van der Waals surface area (Å²) in [5.41, 5.74) is 0. The van der Waals surface area contributed by atoms with E-state index >= 15 is 0 Å². The Bertz CT molecular complexity index is 272. The lowest BCUT2D eigenvalue weighted by molar-refractivity contribution is -0.274. The van der Waals surface area contributed by atoms with Crippen LogP contribution in [-0.4, -0.2) is 6.36 Å². The summed E-state index contributed by atoms with van der Waals surface area (Å²) in [4.78, 5) is 0. The third kappa shape index (κ3) is 2.62. The molecule has 0 heterocycles. The molecule has 0 unspecified atom stereocenters. The Morgan fingerprint density at radius 2 is 2.08 bits per heavy atom. The van der Waals surface area contributed by atoms with Crippen molar-refractivity contribution in [1.82, 2.24) is 0 Å². The third-order valence-corrected chi connectivity index (χ3v) is 1.29. The van der Waals surface area contributed by atoms with Crippen LogP contribution in [0.5, 0.6) is 5.75 Å². The van der Waals surface area contributed by atoms with E-state index in [1.165, 1.54) is 12.1 Å². The minimum absolute atomic E-state index is 0.185. The van der Waals surface area contributed by atoms with Crippen LogP contribution in [0.25, 0.3) is 0 Å². The first-order valence-electron chi connectivity index (χ1n) is 2.91. The molecule has 0 spiro atoms.